The molecule has 0 saturated heterocycles. The summed E-state index contributed by atoms with van der Waals surface area (Å²) in [6, 6.07) is 7.32. The van der Waals surface area contributed by atoms with Gasteiger partial charge in [0.2, 0.25) is 0 Å². The van der Waals surface area contributed by atoms with Gasteiger partial charge in [-0.1, -0.05) is 24.4 Å². The maximum Gasteiger partial charge on any atom is 0.253 e. The number of nitrogens with zero attached hydrogens (tertiary/aromatic N) is 1. The number of rotatable bonds is 3. The van der Waals surface area contributed by atoms with Crippen LogP contribution in [0.5, 0.6) is 0 Å². The van der Waals surface area contributed by atoms with Gasteiger partial charge in [0.1, 0.15) is 0 Å². The van der Waals surface area contributed by atoms with Crippen molar-refractivity contribution in [2.24, 2.45) is 5.73 Å². The molecule has 0 saturated carbocycles. The van der Waals surface area contributed by atoms with Gasteiger partial charge in [-0.3, -0.25) is 4.79 Å². The van der Waals surface area contributed by atoms with E-state index in [-0.39, 0.29) is 5.91 Å². The number of hydrogen-bond donors (Lipinski definition) is 1. The molecule has 80 valence electrons. The molecular formula is C11H14N2OS. The van der Waals surface area contributed by atoms with Crippen LogP contribution in [0, 0.1) is 0 Å². The lowest BCUT2D eigenvalue weighted by molar-refractivity contribution is 0.0827. The molecule has 1 rings (SSSR count). The standard InChI is InChI=1S/C11H14N2OS/c1-13(2)11(14)9-5-3-8(4-6-9)7-10(12)15/h3-6H,7H2,1-2H3,(H2,12,15). The summed E-state index contributed by atoms with van der Waals surface area (Å²) in [5, 5.41) is 0. The second kappa shape index (κ2) is 4.89. The van der Waals surface area contributed by atoms with Crippen LogP contribution in [0.2, 0.25) is 0 Å². The van der Waals surface area contributed by atoms with Gasteiger partial charge >= 0.3 is 0 Å². The third-order valence-corrected chi connectivity index (χ3v) is 2.13. The largest absolute Gasteiger partial charge is 0.393 e. The number of carbonyl (C=O) groups excluding carboxylic acids is 1. The Labute approximate surface area is 94.9 Å². The van der Waals surface area contributed by atoms with Crippen LogP contribution < -0.4 is 5.73 Å². The van der Waals surface area contributed by atoms with Crippen LogP contribution in [0.3, 0.4) is 0 Å². The van der Waals surface area contributed by atoms with Crippen molar-refractivity contribution in [1.29, 1.82) is 0 Å². The normalized spacial score (nSPS) is 9.73. The highest BCUT2D eigenvalue weighted by Crippen LogP contribution is 2.07. The van der Waals surface area contributed by atoms with E-state index in [0.29, 0.717) is 17.0 Å². The summed E-state index contributed by atoms with van der Waals surface area (Å²) in [5.74, 6) is -0.00289. The summed E-state index contributed by atoms with van der Waals surface area (Å²) in [6.07, 6.45) is 0.575. The van der Waals surface area contributed by atoms with E-state index in [2.05, 4.69) is 0 Å². The van der Waals surface area contributed by atoms with Crippen molar-refractivity contribution in [1.82, 2.24) is 4.90 Å². The monoisotopic (exact) mass is 222 g/mol. The second-order valence-corrected chi connectivity index (χ2v) is 4.06. The first-order valence-electron chi connectivity index (χ1n) is 4.59. The molecule has 0 aliphatic rings. The number of amides is 1. The van der Waals surface area contributed by atoms with Crippen molar-refractivity contribution in [2.45, 2.75) is 6.42 Å². The summed E-state index contributed by atoms with van der Waals surface area (Å²) in [4.78, 5) is 13.6. The summed E-state index contributed by atoms with van der Waals surface area (Å²) in [6.45, 7) is 0. The van der Waals surface area contributed by atoms with Crippen LogP contribution in [0.4, 0.5) is 0 Å². The zero-order valence-electron chi connectivity index (χ0n) is 8.86. The third-order valence-electron chi connectivity index (χ3n) is 1.99. The first-order chi connectivity index (χ1) is 7.00. The Hall–Kier alpha value is -1.42. The van der Waals surface area contributed by atoms with Crippen molar-refractivity contribution in [2.75, 3.05) is 14.1 Å². The molecule has 3 nitrogen and oxygen atoms in total. The van der Waals surface area contributed by atoms with Gasteiger partial charge in [0.05, 0.1) is 4.99 Å². The van der Waals surface area contributed by atoms with Crippen LogP contribution in [-0.2, 0) is 6.42 Å². The molecule has 0 spiro atoms. The fraction of sp³-hybridized carbons (Fsp3) is 0.273. The predicted molar refractivity (Wildman–Crippen MR) is 64.9 cm³/mol. The zero-order chi connectivity index (χ0) is 11.4. The van der Waals surface area contributed by atoms with Crippen LogP contribution in [-0.4, -0.2) is 29.9 Å². The van der Waals surface area contributed by atoms with Gasteiger partial charge in [0.15, 0.2) is 0 Å². The molecule has 0 aliphatic carbocycles. The average molecular weight is 222 g/mol. The number of nitrogens with two attached hydrogens (primary N) is 1. The van der Waals surface area contributed by atoms with Crippen LogP contribution in [0.1, 0.15) is 15.9 Å². The molecule has 0 bridgehead atoms. The Morgan fingerprint density at radius 3 is 2.27 bits per heavy atom. The van der Waals surface area contributed by atoms with Crippen molar-refractivity contribution in [3.63, 3.8) is 0 Å². The summed E-state index contributed by atoms with van der Waals surface area (Å²) < 4.78 is 0. The van der Waals surface area contributed by atoms with Gasteiger partial charge in [0, 0.05) is 26.1 Å². The predicted octanol–water partition coefficient (Wildman–Crippen LogP) is 1.22. The zero-order valence-corrected chi connectivity index (χ0v) is 9.67. The molecule has 0 fully saturated rings. The van der Waals surface area contributed by atoms with Gasteiger partial charge in [-0.2, -0.15) is 0 Å². The lowest BCUT2D eigenvalue weighted by Crippen LogP contribution is -2.21. The molecule has 0 aromatic heterocycles. The summed E-state index contributed by atoms with van der Waals surface area (Å²) in [5.41, 5.74) is 7.13. The average Bonchev–Trinajstić information content (AvgIpc) is 2.17. The molecule has 1 aromatic rings. The number of carbonyl (C=O) groups is 1. The van der Waals surface area contributed by atoms with E-state index < -0.39 is 0 Å². The fourth-order valence-corrected chi connectivity index (χ4v) is 1.39. The van der Waals surface area contributed by atoms with E-state index in [4.69, 9.17) is 18.0 Å². The molecule has 2 N–H and O–H groups in total. The molecule has 0 unspecified atom stereocenters. The highest BCUT2D eigenvalue weighted by atomic mass is 32.1. The minimum Gasteiger partial charge on any atom is -0.393 e. The summed E-state index contributed by atoms with van der Waals surface area (Å²) in [7, 11) is 3.45. The number of hydrogen-bond acceptors (Lipinski definition) is 2. The smallest absolute Gasteiger partial charge is 0.253 e. The maximum atomic E-state index is 11.6. The lowest BCUT2D eigenvalue weighted by Gasteiger charge is -2.10. The molecule has 0 atom stereocenters. The van der Waals surface area contributed by atoms with Crippen molar-refractivity contribution in [3.8, 4) is 0 Å². The molecular weight excluding hydrogens is 208 g/mol. The Bertz CT molecular complexity index is 371. The SMILES string of the molecule is CN(C)C(=O)c1ccc(CC(N)=S)cc1. The summed E-state index contributed by atoms with van der Waals surface area (Å²) >= 11 is 4.81. The first-order valence-corrected chi connectivity index (χ1v) is 5.00. The van der Waals surface area contributed by atoms with Gasteiger partial charge < -0.3 is 10.6 Å². The van der Waals surface area contributed by atoms with Crippen molar-refractivity contribution >= 4 is 23.1 Å². The molecule has 1 aromatic carbocycles. The Kier molecular flexibility index (Phi) is 3.80. The van der Waals surface area contributed by atoms with Crippen LogP contribution in [0.25, 0.3) is 0 Å². The molecule has 0 heterocycles. The van der Waals surface area contributed by atoms with E-state index in [1.807, 2.05) is 12.1 Å². The first kappa shape index (κ1) is 11.7. The Balaban J connectivity index is 2.81. The maximum absolute atomic E-state index is 11.6. The van der Waals surface area contributed by atoms with E-state index in [9.17, 15) is 4.79 Å². The topological polar surface area (TPSA) is 46.3 Å². The second-order valence-electron chi connectivity index (χ2n) is 3.54. The highest BCUT2D eigenvalue weighted by Gasteiger charge is 2.06. The molecule has 0 aliphatic heterocycles. The molecule has 4 heteroatoms. The van der Waals surface area contributed by atoms with E-state index >= 15 is 0 Å². The molecule has 0 radical (unpaired) electrons. The van der Waals surface area contributed by atoms with Crippen LogP contribution >= 0.6 is 12.2 Å². The van der Waals surface area contributed by atoms with Gasteiger partial charge in [-0.25, -0.2) is 0 Å². The van der Waals surface area contributed by atoms with E-state index in [1.165, 1.54) is 0 Å². The Morgan fingerprint density at radius 1 is 1.33 bits per heavy atom. The highest BCUT2D eigenvalue weighted by molar-refractivity contribution is 7.80. The number of benzene rings is 1. The van der Waals surface area contributed by atoms with Crippen LogP contribution in [0.15, 0.2) is 24.3 Å². The van der Waals surface area contributed by atoms with Gasteiger partial charge in [-0.05, 0) is 17.7 Å². The fourth-order valence-electron chi connectivity index (χ4n) is 1.22. The molecule has 15 heavy (non-hydrogen) atoms. The van der Waals surface area contributed by atoms with E-state index in [1.54, 1.807) is 31.1 Å². The Morgan fingerprint density at radius 2 is 1.87 bits per heavy atom. The van der Waals surface area contributed by atoms with Gasteiger partial charge in [0.25, 0.3) is 5.91 Å². The quantitative estimate of drug-likeness (QED) is 0.782. The lowest BCUT2D eigenvalue weighted by atomic mass is 10.1. The number of thiocarbonyl (C=S) groups is 1. The minimum atomic E-state index is -0.00289. The van der Waals surface area contributed by atoms with Crippen molar-refractivity contribution in [3.05, 3.63) is 35.4 Å². The van der Waals surface area contributed by atoms with E-state index in [0.717, 1.165) is 5.56 Å². The van der Waals surface area contributed by atoms with Crippen molar-refractivity contribution < 1.29 is 4.79 Å². The minimum absolute atomic E-state index is 0.00289. The third kappa shape index (κ3) is 3.32. The molecule has 1 amide bonds. The van der Waals surface area contributed by atoms with Gasteiger partial charge in [-0.15, -0.1) is 0 Å².